The molecule has 5 nitrogen and oxygen atoms in total. The zero-order chi connectivity index (χ0) is 19.6. The highest BCUT2D eigenvalue weighted by molar-refractivity contribution is 7.07. The third kappa shape index (κ3) is 5.66. The molecule has 3 aromatic rings. The van der Waals surface area contributed by atoms with E-state index in [0.717, 1.165) is 16.7 Å². The van der Waals surface area contributed by atoms with Crippen LogP contribution in [-0.4, -0.2) is 30.9 Å². The molecule has 3 N–H and O–H groups in total. The van der Waals surface area contributed by atoms with Crippen LogP contribution in [0.2, 0.25) is 0 Å². The van der Waals surface area contributed by atoms with Crippen molar-refractivity contribution in [1.29, 1.82) is 0 Å². The zero-order valence-electron chi connectivity index (χ0n) is 15.5. The Morgan fingerprint density at radius 1 is 0.964 bits per heavy atom. The molecule has 146 valence electrons. The molecule has 1 atom stereocenters. The molecule has 0 radical (unpaired) electrons. The van der Waals surface area contributed by atoms with Crippen LogP contribution < -0.4 is 10.6 Å². The number of aliphatic hydroxyl groups is 1. The Morgan fingerprint density at radius 3 is 2.14 bits per heavy atom. The quantitative estimate of drug-likeness (QED) is 0.514. The standard InChI is InChI=1S/C22H24N2O3S/c25-12-13-27-20(19-11-14-28-16-19)15-23-22(26)24-21(17-7-3-1-4-8-17)18-9-5-2-6-10-18/h1-11,14,16,20-21,25H,12-13,15H2,(H2,23,24,26)/t20-/m0/s1. The minimum absolute atomic E-state index is 0.0586. The van der Waals surface area contributed by atoms with Crippen molar-refractivity contribution < 1.29 is 14.6 Å². The van der Waals surface area contributed by atoms with Crippen molar-refractivity contribution in [2.45, 2.75) is 12.1 Å². The van der Waals surface area contributed by atoms with Gasteiger partial charge in [0.2, 0.25) is 0 Å². The summed E-state index contributed by atoms with van der Waals surface area (Å²) in [5, 5.41) is 18.9. The molecule has 0 bridgehead atoms. The number of carbonyl (C=O) groups is 1. The number of amides is 2. The Morgan fingerprint density at radius 2 is 1.61 bits per heavy atom. The van der Waals surface area contributed by atoms with Crippen LogP contribution in [0.4, 0.5) is 4.79 Å². The van der Waals surface area contributed by atoms with Crippen LogP contribution in [0.3, 0.4) is 0 Å². The molecule has 0 fully saturated rings. The lowest BCUT2D eigenvalue weighted by Gasteiger charge is -2.22. The summed E-state index contributed by atoms with van der Waals surface area (Å²) >= 11 is 1.57. The molecular weight excluding hydrogens is 372 g/mol. The number of aliphatic hydroxyl groups excluding tert-OH is 1. The highest BCUT2D eigenvalue weighted by Crippen LogP contribution is 2.22. The highest BCUT2D eigenvalue weighted by Gasteiger charge is 2.18. The van der Waals surface area contributed by atoms with E-state index in [4.69, 9.17) is 9.84 Å². The molecule has 1 aromatic heterocycles. The Balaban J connectivity index is 1.66. The fraction of sp³-hybridized carbons (Fsp3) is 0.227. The molecule has 0 spiro atoms. The maximum Gasteiger partial charge on any atom is 0.315 e. The van der Waals surface area contributed by atoms with Crippen LogP contribution in [0, 0.1) is 0 Å². The average Bonchev–Trinajstić information content (AvgIpc) is 3.28. The lowest BCUT2D eigenvalue weighted by molar-refractivity contribution is 0.0296. The molecule has 3 rings (SSSR count). The van der Waals surface area contributed by atoms with Gasteiger partial charge in [-0.25, -0.2) is 4.79 Å². The van der Waals surface area contributed by atoms with Gasteiger partial charge < -0.3 is 20.5 Å². The number of rotatable bonds is 9. The minimum Gasteiger partial charge on any atom is -0.394 e. The first-order valence-electron chi connectivity index (χ1n) is 9.16. The molecule has 0 unspecified atom stereocenters. The van der Waals surface area contributed by atoms with Gasteiger partial charge in [0, 0.05) is 6.54 Å². The van der Waals surface area contributed by atoms with Gasteiger partial charge in [0.1, 0.15) is 6.10 Å². The predicted octanol–water partition coefficient (Wildman–Crippen LogP) is 3.89. The highest BCUT2D eigenvalue weighted by atomic mass is 32.1. The third-order valence-corrected chi connectivity index (χ3v) is 5.02. The first-order chi connectivity index (χ1) is 13.8. The molecule has 0 saturated carbocycles. The lowest BCUT2D eigenvalue weighted by Crippen LogP contribution is -2.40. The van der Waals surface area contributed by atoms with Crippen molar-refractivity contribution >= 4 is 17.4 Å². The van der Waals surface area contributed by atoms with Gasteiger partial charge in [-0.2, -0.15) is 11.3 Å². The number of hydrogen-bond donors (Lipinski definition) is 3. The molecule has 0 saturated heterocycles. The van der Waals surface area contributed by atoms with E-state index in [2.05, 4.69) is 10.6 Å². The number of nitrogens with one attached hydrogen (secondary N) is 2. The van der Waals surface area contributed by atoms with Crippen LogP contribution in [-0.2, 0) is 4.74 Å². The summed E-state index contributed by atoms with van der Waals surface area (Å²) < 4.78 is 5.67. The van der Waals surface area contributed by atoms with E-state index in [9.17, 15) is 4.79 Å². The summed E-state index contributed by atoms with van der Waals surface area (Å²) in [6.07, 6.45) is -0.295. The molecular formula is C22H24N2O3S. The monoisotopic (exact) mass is 396 g/mol. The van der Waals surface area contributed by atoms with Crippen molar-refractivity contribution in [1.82, 2.24) is 10.6 Å². The van der Waals surface area contributed by atoms with E-state index in [1.807, 2.05) is 77.5 Å². The summed E-state index contributed by atoms with van der Waals surface area (Å²) in [7, 11) is 0. The Hall–Kier alpha value is -2.67. The van der Waals surface area contributed by atoms with Gasteiger partial charge in [-0.3, -0.25) is 0 Å². The number of ether oxygens (including phenoxy) is 1. The van der Waals surface area contributed by atoms with E-state index >= 15 is 0 Å². The van der Waals surface area contributed by atoms with Gasteiger partial charge in [-0.05, 0) is 33.5 Å². The fourth-order valence-electron chi connectivity index (χ4n) is 2.94. The number of hydrogen-bond acceptors (Lipinski definition) is 4. The SMILES string of the molecule is O=C(NC[C@H](OCCO)c1ccsc1)NC(c1ccccc1)c1ccccc1. The molecule has 0 aliphatic rings. The minimum atomic E-state index is -0.295. The maximum atomic E-state index is 12.6. The first kappa shape index (κ1) is 20.1. The van der Waals surface area contributed by atoms with Gasteiger partial charge in [0.25, 0.3) is 0 Å². The topological polar surface area (TPSA) is 70.6 Å². The van der Waals surface area contributed by atoms with Gasteiger partial charge in [-0.15, -0.1) is 0 Å². The number of thiophene rings is 1. The number of benzene rings is 2. The zero-order valence-corrected chi connectivity index (χ0v) is 16.3. The summed E-state index contributed by atoms with van der Waals surface area (Å²) in [6.45, 7) is 0.482. The predicted molar refractivity (Wildman–Crippen MR) is 111 cm³/mol. The largest absolute Gasteiger partial charge is 0.394 e. The van der Waals surface area contributed by atoms with Crippen LogP contribution >= 0.6 is 11.3 Å². The van der Waals surface area contributed by atoms with Crippen molar-refractivity contribution in [3.8, 4) is 0 Å². The second kappa shape index (κ2) is 10.6. The maximum absolute atomic E-state index is 12.6. The summed E-state index contributed by atoms with van der Waals surface area (Å²) in [6, 6.07) is 21.2. The van der Waals surface area contributed by atoms with Crippen molar-refractivity contribution in [2.24, 2.45) is 0 Å². The molecule has 2 amide bonds. The normalized spacial score (nSPS) is 11.9. The molecule has 0 aliphatic carbocycles. The Labute approximate surface area is 169 Å². The number of carbonyl (C=O) groups excluding carboxylic acids is 1. The van der Waals surface area contributed by atoms with Gasteiger partial charge in [0.05, 0.1) is 19.3 Å². The number of urea groups is 1. The Bertz CT molecular complexity index is 786. The average molecular weight is 397 g/mol. The van der Waals surface area contributed by atoms with E-state index < -0.39 is 0 Å². The first-order valence-corrected chi connectivity index (χ1v) is 10.1. The lowest BCUT2D eigenvalue weighted by atomic mass is 9.99. The third-order valence-electron chi connectivity index (χ3n) is 4.31. The van der Waals surface area contributed by atoms with E-state index in [-0.39, 0.29) is 31.4 Å². The molecule has 2 aromatic carbocycles. The summed E-state index contributed by atoms with van der Waals surface area (Å²) in [5.74, 6) is 0. The van der Waals surface area contributed by atoms with E-state index in [1.165, 1.54) is 0 Å². The molecule has 28 heavy (non-hydrogen) atoms. The molecule has 1 heterocycles. The van der Waals surface area contributed by atoms with Crippen LogP contribution in [0.15, 0.2) is 77.5 Å². The Kier molecular flexibility index (Phi) is 7.61. The second-order valence-corrected chi connectivity index (χ2v) is 7.03. The van der Waals surface area contributed by atoms with E-state index in [1.54, 1.807) is 11.3 Å². The van der Waals surface area contributed by atoms with Crippen LogP contribution in [0.1, 0.15) is 28.8 Å². The summed E-state index contributed by atoms with van der Waals surface area (Å²) in [5.41, 5.74) is 3.01. The van der Waals surface area contributed by atoms with E-state index in [0.29, 0.717) is 6.54 Å². The van der Waals surface area contributed by atoms with Gasteiger partial charge in [-0.1, -0.05) is 60.7 Å². The van der Waals surface area contributed by atoms with Crippen molar-refractivity contribution in [2.75, 3.05) is 19.8 Å². The smallest absolute Gasteiger partial charge is 0.315 e. The van der Waals surface area contributed by atoms with Crippen LogP contribution in [0.25, 0.3) is 0 Å². The molecule has 6 heteroatoms. The van der Waals surface area contributed by atoms with Crippen LogP contribution in [0.5, 0.6) is 0 Å². The second-order valence-electron chi connectivity index (χ2n) is 6.25. The van der Waals surface area contributed by atoms with Crippen molar-refractivity contribution in [3.05, 3.63) is 94.2 Å². The van der Waals surface area contributed by atoms with Crippen molar-refractivity contribution in [3.63, 3.8) is 0 Å². The fourth-order valence-corrected chi connectivity index (χ4v) is 3.65. The molecule has 0 aliphatic heterocycles. The summed E-state index contributed by atoms with van der Waals surface area (Å²) in [4.78, 5) is 12.6. The van der Waals surface area contributed by atoms with Gasteiger partial charge >= 0.3 is 6.03 Å². The van der Waals surface area contributed by atoms with Gasteiger partial charge in [0.15, 0.2) is 0 Å².